The zero-order chi connectivity index (χ0) is 19.7. The average molecular weight is 382 g/mol. The molecule has 0 unspecified atom stereocenters. The molecule has 0 N–H and O–H groups in total. The van der Waals surface area contributed by atoms with E-state index in [1.165, 1.54) is 6.42 Å². The molecule has 0 spiro atoms. The van der Waals surface area contributed by atoms with Gasteiger partial charge in [0.25, 0.3) is 5.91 Å². The van der Waals surface area contributed by atoms with Crippen LogP contribution in [-0.2, 0) is 6.54 Å². The maximum Gasteiger partial charge on any atom is 0.274 e. The first-order valence-corrected chi connectivity index (χ1v) is 10.8. The average Bonchev–Trinajstić information content (AvgIpc) is 3.38. The lowest BCUT2D eigenvalue weighted by Crippen LogP contribution is -2.49. The molecule has 1 aromatic rings. The number of carbonyl (C=O) groups excluding carboxylic acids is 1. The van der Waals surface area contributed by atoms with Crippen LogP contribution >= 0.6 is 0 Å². The van der Waals surface area contributed by atoms with Gasteiger partial charge in [0.05, 0.1) is 6.54 Å². The van der Waals surface area contributed by atoms with Crippen molar-refractivity contribution in [3.8, 4) is 12.3 Å². The fraction of sp³-hybridized carbons (Fsp3) is 0.682. The first-order chi connectivity index (χ1) is 13.6. The minimum atomic E-state index is -0.468. The van der Waals surface area contributed by atoms with Gasteiger partial charge in [0.15, 0.2) is 0 Å². The van der Waals surface area contributed by atoms with Gasteiger partial charge in [-0.3, -0.25) is 4.79 Å². The first kappa shape index (κ1) is 19.0. The molecule has 6 nitrogen and oxygen atoms in total. The second-order valence-electron chi connectivity index (χ2n) is 8.17. The summed E-state index contributed by atoms with van der Waals surface area (Å²) in [5.74, 6) is 4.61. The molecule has 0 radical (unpaired) electrons. The van der Waals surface area contributed by atoms with E-state index < -0.39 is 5.54 Å². The summed E-state index contributed by atoms with van der Waals surface area (Å²) in [7, 11) is 0. The van der Waals surface area contributed by atoms with Crippen LogP contribution in [-0.4, -0.2) is 52.5 Å². The summed E-state index contributed by atoms with van der Waals surface area (Å²) in [5.41, 5.74) is 1.06. The van der Waals surface area contributed by atoms with E-state index in [2.05, 4.69) is 29.6 Å². The Labute approximate surface area is 168 Å². The maximum absolute atomic E-state index is 13.5. The number of amides is 1. The fourth-order valence-corrected chi connectivity index (χ4v) is 4.96. The molecule has 0 atom stereocenters. The van der Waals surface area contributed by atoms with E-state index in [4.69, 9.17) is 16.4 Å². The summed E-state index contributed by atoms with van der Waals surface area (Å²) in [6.07, 6.45) is 13.4. The summed E-state index contributed by atoms with van der Waals surface area (Å²) >= 11 is 0. The van der Waals surface area contributed by atoms with Crippen LogP contribution in [0.5, 0.6) is 0 Å². The molecule has 4 rings (SSSR count). The van der Waals surface area contributed by atoms with Gasteiger partial charge in [0, 0.05) is 31.7 Å². The molecule has 2 aliphatic heterocycles. The second kappa shape index (κ2) is 7.62. The number of rotatable bonds is 5. The molecule has 0 bridgehead atoms. The molecule has 1 saturated heterocycles. The summed E-state index contributed by atoms with van der Waals surface area (Å²) < 4.78 is 0. The quantitative estimate of drug-likeness (QED) is 0.733. The highest BCUT2D eigenvalue weighted by atomic mass is 16.2. The second-order valence-corrected chi connectivity index (χ2v) is 8.17. The number of terminal acetylenes is 1. The molecule has 28 heavy (non-hydrogen) atoms. The van der Waals surface area contributed by atoms with Crippen LogP contribution in [0.25, 0.3) is 0 Å². The lowest BCUT2D eigenvalue weighted by molar-refractivity contribution is 0.0531. The normalized spacial score (nSPS) is 21.0. The minimum Gasteiger partial charge on any atom is -0.357 e. The molecule has 3 heterocycles. The number of hydrogen-bond donors (Lipinski definition) is 0. The van der Waals surface area contributed by atoms with Crippen LogP contribution in [0, 0.1) is 12.3 Å². The van der Waals surface area contributed by atoms with Crippen LogP contribution in [0.2, 0.25) is 0 Å². The maximum atomic E-state index is 13.5. The minimum absolute atomic E-state index is 0.00824. The summed E-state index contributed by atoms with van der Waals surface area (Å²) in [4.78, 5) is 29.6. The SMILES string of the molecule is C#CC1(N2Cc3c(nc(N4CCCC4)nc3N(CC)CC)C2=O)CCCCC1. The van der Waals surface area contributed by atoms with E-state index in [-0.39, 0.29) is 5.91 Å². The molecule has 1 aromatic heterocycles. The lowest BCUT2D eigenvalue weighted by atomic mass is 9.81. The zero-order valence-corrected chi connectivity index (χ0v) is 17.2. The van der Waals surface area contributed by atoms with Crippen LogP contribution in [0.4, 0.5) is 11.8 Å². The molecule has 2 fully saturated rings. The standard InChI is InChI=1S/C22H31N5O/c1-4-22(12-8-7-9-13-22)27-16-17-18(20(27)28)23-21(26-14-10-11-15-26)24-19(17)25(5-2)6-3/h1H,5-16H2,2-3H3. The third-order valence-corrected chi connectivity index (χ3v) is 6.66. The van der Waals surface area contributed by atoms with Gasteiger partial charge in [-0.2, -0.15) is 4.98 Å². The van der Waals surface area contributed by atoms with Crippen LogP contribution in [0.3, 0.4) is 0 Å². The monoisotopic (exact) mass is 381 g/mol. The summed E-state index contributed by atoms with van der Waals surface area (Å²) in [6, 6.07) is 0. The molecule has 1 amide bonds. The number of anilines is 2. The number of hydrogen-bond acceptors (Lipinski definition) is 5. The van der Waals surface area contributed by atoms with E-state index in [0.717, 1.165) is 76.1 Å². The fourth-order valence-electron chi connectivity index (χ4n) is 4.96. The van der Waals surface area contributed by atoms with Gasteiger partial charge < -0.3 is 14.7 Å². The topological polar surface area (TPSA) is 52.6 Å². The summed E-state index contributed by atoms with van der Waals surface area (Å²) in [6.45, 7) is 8.43. The molecule has 3 aliphatic rings. The van der Waals surface area contributed by atoms with Crippen molar-refractivity contribution in [1.29, 1.82) is 0 Å². The van der Waals surface area contributed by atoms with Crippen molar-refractivity contribution in [2.24, 2.45) is 0 Å². The van der Waals surface area contributed by atoms with Gasteiger partial charge >= 0.3 is 0 Å². The molecule has 150 valence electrons. The number of fused-ring (bicyclic) bond motifs is 1. The highest BCUT2D eigenvalue weighted by Gasteiger charge is 2.46. The number of carbonyl (C=O) groups is 1. The Morgan fingerprint density at radius 1 is 1.07 bits per heavy atom. The Kier molecular flexibility index (Phi) is 5.18. The van der Waals surface area contributed by atoms with E-state index in [1.807, 2.05) is 4.90 Å². The number of nitrogens with zero attached hydrogens (tertiary/aromatic N) is 5. The van der Waals surface area contributed by atoms with Gasteiger partial charge in [-0.15, -0.1) is 6.42 Å². The van der Waals surface area contributed by atoms with Crippen molar-refractivity contribution in [2.45, 2.75) is 70.9 Å². The van der Waals surface area contributed by atoms with E-state index >= 15 is 0 Å². The van der Waals surface area contributed by atoms with Crippen molar-refractivity contribution in [1.82, 2.24) is 14.9 Å². The van der Waals surface area contributed by atoms with Crippen molar-refractivity contribution >= 4 is 17.7 Å². The molecule has 1 aliphatic carbocycles. The van der Waals surface area contributed by atoms with Crippen LogP contribution < -0.4 is 9.80 Å². The molecule has 1 saturated carbocycles. The van der Waals surface area contributed by atoms with Crippen molar-refractivity contribution < 1.29 is 4.79 Å². The zero-order valence-electron chi connectivity index (χ0n) is 17.2. The predicted octanol–water partition coefficient (Wildman–Crippen LogP) is 3.21. The molecular formula is C22H31N5O. The Hall–Kier alpha value is -2.29. The van der Waals surface area contributed by atoms with Crippen LogP contribution in [0.15, 0.2) is 0 Å². The highest BCUT2D eigenvalue weighted by Crippen LogP contribution is 2.41. The van der Waals surface area contributed by atoms with Gasteiger partial charge in [-0.25, -0.2) is 4.98 Å². The van der Waals surface area contributed by atoms with Gasteiger partial charge in [-0.1, -0.05) is 25.2 Å². The lowest BCUT2D eigenvalue weighted by Gasteiger charge is -2.40. The van der Waals surface area contributed by atoms with Crippen molar-refractivity contribution in [2.75, 3.05) is 36.0 Å². The third-order valence-electron chi connectivity index (χ3n) is 6.66. The van der Waals surface area contributed by atoms with Gasteiger partial charge in [0.1, 0.15) is 17.1 Å². The highest BCUT2D eigenvalue weighted by molar-refractivity contribution is 5.99. The Balaban J connectivity index is 1.77. The predicted molar refractivity (Wildman–Crippen MR) is 112 cm³/mol. The first-order valence-electron chi connectivity index (χ1n) is 10.8. The van der Waals surface area contributed by atoms with E-state index in [0.29, 0.717) is 18.2 Å². The third kappa shape index (κ3) is 3.01. The van der Waals surface area contributed by atoms with Crippen molar-refractivity contribution in [3.63, 3.8) is 0 Å². The number of aromatic nitrogens is 2. The molecule has 0 aromatic carbocycles. The molecule has 6 heteroatoms. The largest absolute Gasteiger partial charge is 0.357 e. The van der Waals surface area contributed by atoms with E-state index in [1.54, 1.807) is 0 Å². The van der Waals surface area contributed by atoms with Gasteiger partial charge in [-0.05, 0) is 39.5 Å². The van der Waals surface area contributed by atoms with Crippen LogP contribution in [0.1, 0.15) is 74.8 Å². The Bertz CT molecular complexity index is 783. The van der Waals surface area contributed by atoms with E-state index in [9.17, 15) is 4.79 Å². The van der Waals surface area contributed by atoms with Crippen molar-refractivity contribution in [3.05, 3.63) is 11.3 Å². The smallest absolute Gasteiger partial charge is 0.274 e. The Morgan fingerprint density at radius 3 is 2.36 bits per heavy atom. The Morgan fingerprint density at radius 2 is 1.75 bits per heavy atom. The summed E-state index contributed by atoms with van der Waals surface area (Å²) in [5, 5.41) is 0. The molecular weight excluding hydrogens is 350 g/mol. The van der Waals surface area contributed by atoms with Gasteiger partial charge in [0.2, 0.25) is 5.95 Å².